The summed E-state index contributed by atoms with van der Waals surface area (Å²) in [7, 11) is 0. The Balaban J connectivity index is 2.16. The number of aromatic carboxylic acids is 1. The monoisotopic (exact) mass is 276 g/mol. The van der Waals surface area contributed by atoms with Gasteiger partial charge in [-0.2, -0.15) is 0 Å². The maximum Gasteiger partial charge on any atom is 0.339 e. The first kappa shape index (κ1) is 13.4. The number of hydrogen-bond acceptors (Lipinski definition) is 2. The molecule has 0 fully saturated rings. The summed E-state index contributed by atoms with van der Waals surface area (Å²) in [5, 5.41) is 9.75. The van der Waals surface area contributed by atoms with Crippen LogP contribution in [0.3, 0.4) is 0 Å². The van der Waals surface area contributed by atoms with Gasteiger partial charge in [0.05, 0.1) is 0 Å². The molecule has 0 saturated carbocycles. The lowest BCUT2D eigenvalue weighted by Crippen LogP contribution is -2.03. The number of hydrogen-bond donors (Lipinski definition) is 1. The second kappa shape index (κ2) is 5.76. The van der Waals surface area contributed by atoms with Crippen LogP contribution >= 0.6 is 11.6 Å². The summed E-state index contributed by atoms with van der Waals surface area (Å²) in [5.74, 6) is -0.617. The third-order valence-corrected chi connectivity index (χ3v) is 2.93. The lowest BCUT2D eigenvalue weighted by molar-refractivity contribution is 0.0692. The van der Waals surface area contributed by atoms with Crippen molar-refractivity contribution >= 4 is 17.6 Å². The SMILES string of the molecule is Cc1ccc(C(=O)O)c(OCc2ccc(Cl)cc2)c1. The van der Waals surface area contributed by atoms with Crippen LogP contribution in [0.1, 0.15) is 21.5 Å². The van der Waals surface area contributed by atoms with Crippen LogP contribution in [0.25, 0.3) is 0 Å². The van der Waals surface area contributed by atoms with Crippen molar-refractivity contribution in [1.29, 1.82) is 0 Å². The summed E-state index contributed by atoms with van der Waals surface area (Å²) < 4.78 is 5.58. The van der Waals surface area contributed by atoms with E-state index in [1.165, 1.54) is 0 Å². The third kappa shape index (κ3) is 3.48. The number of halogens is 1. The van der Waals surface area contributed by atoms with Gasteiger partial charge in [-0.15, -0.1) is 0 Å². The van der Waals surface area contributed by atoms with E-state index in [0.717, 1.165) is 11.1 Å². The van der Waals surface area contributed by atoms with E-state index in [9.17, 15) is 4.79 Å². The molecule has 2 aromatic rings. The highest BCUT2D eigenvalue weighted by atomic mass is 35.5. The second-order valence-electron chi connectivity index (χ2n) is 4.22. The Morgan fingerprint density at radius 3 is 2.53 bits per heavy atom. The average molecular weight is 277 g/mol. The molecule has 0 radical (unpaired) electrons. The van der Waals surface area contributed by atoms with E-state index < -0.39 is 5.97 Å². The number of carboxylic acids is 1. The van der Waals surface area contributed by atoms with E-state index in [1.54, 1.807) is 30.3 Å². The topological polar surface area (TPSA) is 46.5 Å². The van der Waals surface area contributed by atoms with Gasteiger partial charge in [0.15, 0.2) is 0 Å². The van der Waals surface area contributed by atoms with Crippen LogP contribution in [0.5, 0.6) is 5.75 Å². The van der Waals surface area contributed by atoms with Crippen molar-refractivity contribution in [1.82, 2.24) is 0 Å². The standard InChI is InChI=1S/C15H13ClO3/c1-10-2-7-13(15(17)18)14(8-10)19-9-11-3-5-12(16)6-4-11/h2-8H,9H2,1H3,(H,17,18). The summed E-state index contributed by atoms with van der Waals surface area (Å²) >= 11 is 5.80. The van der Waals surface area contributed by atoms with E-state index in [1.807, 2.05) is 19.1 Å². The second-order valence-corrected chi connectivity index (χ2v) is 4.66. The van der Waals surface area contributed by atoms with Gasteiger partial charge < -0.3 is 9.84 Å². The maximum absolute atomic E-state index is 11.1. The molecule has 0 amide bonds. The van der Waals surface area contributed by atoms with Crippen LogP contribution in [0.15, 0.2) is 42.5 Å². The predicted octanol–water partition coefficient (Wildman–Crippen LogP) is 3.93. The molecule has 0 heterocycles. The average Bonchev–Trinajstić information content (AvgIpc) is 2.38. The molecule has 0 aromatic heterocycles. The van der Waals surface area contributed by atoms with Gasteiger partial charge in [-0.3, -0.25) is 0 Å². The lowest BCUT2D eigenvalue weighted by Gasteiger charge is -2.10. The molecule has 0 aliphatic carbocycles. The van der Waals surface area contributed by atoms with Crippen molar-refractivity contribution in [2.24, 2.45) is 0 Å². The highest BCUT2D eigenvalue weighted by Gasteiger charge is 2.11. The Bertz CT molecular complexity index is 591. The summed E-state index contributed by atoms with van der Waals surface area (Å²) in [6, 6.07) is 12.3. The quantitative estimate of drug-likeness (QED) is 0.920. The number of carbonyl (C=O) groups is 1. The van der Waals surface area contributed by atoms with Gasteiger partial charge in [0.2, 0.25) is 0 Å². The smallest absolute Gasteiger partial charge is 0.339 e. The molecule has 0 saturated heterocycles. The molecule has 3 nitrogen and oxygen atoms in total. The molecule has 0 atom stereocenters. The van der Waals surface area contributed by atoms with Crippen molar-refractivity contribution in [3.63, 3.8) is 0 Å². The van der Waals surface area contributed by atoms with Crippen LogP contribution in [0.2, 0.25) is 5.02 Å². The van der Waals surface area contributed by atoms with Crippen LogP contribution in [0, 0.1) is 6.92 Å². The summed E-state index contributed by atoms with van der Waals surface area (Å²) in [4.78, 5) is 11.1. The number of carboxylic acid groups (broad SMARTS) is 1. The van der Waals surface area contributed by atoms with Crippen LogP contribution in [-0.4, -0.2) is 11.1 Å². The van der Waals surface area contributed by atoms with Crippen molar-refractivity contribution < 1.29 is 14.6 Å². The first-order chi connectivity index (χ1) is 9.06. The molecule has 4 heteroatoms. The number of ether oxygens (including phenoxy) is 1. The lowest BCUT2D eigenvalue weighted by atomic mass is 10.1. The highest BCUT2D eigenvalue weighted by Crippen LogP contribution is 2.22. The molecule has 98 valence electrons. The van der Waals surface area contributed by atoms with Crippen molar-refractivity contribution in [3.8, 4) is 5.75 Å². The molecular weight excluding hydrogens is 264 g/mol. The van der Waals surface area contributed by atoms with E-state index in [0.29, 0.717) is 17.4 Å². The first-order valence-electron chi connectivity index (χ1n) is 5.77. The van der Waals surface area contributed by atoms with Gasteiger partial charge >= 0.3 is 5.97 Å². The molecule has 0 bridgehead atoms. The molecule has 1 N–H and O–H groups in total. The fourth-order valence-electron chi connectivity index (χ4n) is 1.67. The Hall–Kier alpha value is -2.00. The van der Waals surface area contributed by atoms with Crippen LogP contribution < -0.4 is 4.74 Å². The van der Waals surface area contributed by atoms with Crippen LogP contribution in [0.4, 0.5) is 0 Å². The molecule has 0 unspecified atom stereocenters. The van der Waals surface area contributed by atoms with Crippen LogP contribution in [-0.2, 0) is 6.61 Å². The Morgan fingerprint density at radius 2 is 1.89 bits per heavy atom. The number of benzene rings is 2. The van der Waals surface area contributed by atoms with Gasteiger partial charge in [-0.25, -0.2) is 4.79 Å². The van der Waals surface area contributed by atoms with Crippen molar-refractivity contribution in [2.45, 2.75) is 13.5 Å². The first-order valence-corrected chi connectivity index (χ1v) is 6.15. The zero-order chi connectivity index (χ0) is 13.8. The molecule has 0 spiro atoms. The van der Waals surface area contributed by atoms with Gasteiger partial charge in [-0.05, 0) is 42.3 Å². The van der Waals surface area contributed by atoms with Gasteiger partial charge in [0.1, 0.15) is 17.9 Å². The minimum atomic E-state index is -0.994. The zero-order valence-electron chi connectivity index (χ0n) is 10.4. The summed E-state index contributed by atoms with van der Waals surface area (Å²) in [5.41, 5.74) is 2.05. The fourth-order valence-corrected chi connectivity index (χ4v) is 1.79. The predicted molar refractivity (Wildman–Crippen MR) is 73.9 cm³/mol. The third-order valence-electron chi connectivity index (χ3n) is 2.68. The summed E-state index contributed by atoms with van der Waals surface area (Å²) in [6.07, 6.45) is 0. The normalized spacial score (nSPS) is 10.2. The Kier molecular flexibility index (Phi) is 4.07. The van der Waals surface area contributed by atoms with E-state index in [4.69, 9.17) is 21.4 Å². The summed E-state index contributed by atoms with van der Waals surface area (Å²) in [6.45, 7) is 2.20. The maximum atomic E-state index is 11.1. The largest absolute Gasteiger partial charge is 0.488 e. The molecule has 19 heavy (non-hydrogen) atoms. The van der Waals surface area contributed by atoms with E-state index in [2.05, 4.69) is 0 Å². The minimum Gasteiger partial charge on any atom is -0.488 e. The minimum absolute atomic E-state index is 0.166. The molecule has 2 aromatic carbocycles. The van der Waals surface area contributed by atoms with Gasteiger partial charge in [-0.1, -0.05) is 29.8 Å². The van der Waals surface area contributed by atoms with Crippen molar-refractivity contribution in [3.05, 3.63) is 64.2 Å². The number of rotatable bonds is 4. The Labute approximate surface area is 116 Å². The van der Waals surface area contributed by atoms with Crippen molar-refractivity contribution in [2.75, 3.05) is 0 Å². The molecule has 0 aliphatic rings. The fraction of sp³-hybridized carbons (Fsp3) is 0.133. The molecule has 0 aliphatic heterocycles. The number of aryl methyl sites for hydroxylation is 1. The Morgan fingerprint density at radius 1 is 1.21 bits per heavy atom. The molecule has 2 rings (SSSR count). The van der Waals surface area contributed by atoms with Gasteiger partial charge in [0, 0.05) is 5.02 Å². The highest BCUT2D eigenvalue weighted by molar-refractivity contribution is 6.30. The van der Waals surface area contributed by atoms with E-state index in [-0.39, 0.29) is 5.56 Å². The molecular formula is C15H13ClO3. The van der Waals surface area contributed by atoms with Gasteiger partial charge in [0.25, 0.3) is 0 Å². The zero-order valence-corrected chi connectivity index (χ0v) is 11.1. The van der Waals surface area contributed by atoms with E-state index >= 15 is 0 Å².